The Balaban J connectivity index is 3.07. The van der Waals surface area contributed by atoms with Gasteiger partial charge in [-0.2, -0.15) is 4.98 Å². The van der Waals surface area contributed by atoms with Crippen molar-refractivity contribution in [1.29, 1.82) is 0 Å². The van der Waals surface area contributed by atoms with Crippen molar-refractivity contribution in [3.05, 3.63) is 28.4 Å². The number of nitrogens with one attached hydrogen (secondary N) is 1. The van der Waals surface area contributed by atoms with Crippen LogP contribution in [0.4, 0.5) is 0 Å². The molecule has 62 valence electrons. The maximum absolute atomic E-state index is 11.2. The van der Waals surface area contributed by atoms with Crippen LogP contribution in [0.1, 0.15) is 5.69 Å². The van der Waals surface area contributed by atoms with Gasteiger partial charge in [0.1, 0.15) is 5.65 Å². The summed E-state index contributed by atoms with van der Waals surface area (Å²) in [6.45, 7) is 1.63. The molecule has 2 heterocycles. The fourth-order valence-electron chi connectivity index (χ4n) is 1.13. The molecule has 5 nitrogen and oxygen atoms in total. The molecule has 12 heavy (non-hydrogen) atoms. The first-order valence-corrected chi connectivity index (χ1v) is 3.46. The molecule has 0 saturated heterocycles. The van der Waals surface area contributed by atoms with Gasteiger partial charge in [-0.25, -0.2) is 9.20 Å². The van der Waals surface area contributed by atoms with E-state index in [1.165, 1.54) is 10.6 Å². The number of nitrogens with zero attached hydrogens (tertiary/aromatic N) is 2. The minimum atomic E-state index is -0.294. The van der Waals surface area contributed by atoms with Gasteiger partial charge >= 0.3 is 5.69 Å². The Morgan fingerprint density at radius 2 is 2.42 bits per heavy atom. The third kappa shape index (κ3) is 0.730. The number of imidazole rings is 1. The standard InChI is InChI=1S/C7H7N3O2/c1-4-6(11)9-5-2-3-8-7(12)10(4)5/h2-3,11H,1H3,(H,8,12). The zero-order chi connectivity index (χ0) is 8.72. The van der Waals surface area contributed by atoms with E-state index in [2.05, 4.69) is 9.97 Å². The SMILES string of the molecule is Cc1c(O)nc2cc[nH]c(=O)n12. The summed E-state index contributed by atoms with van der Waals surface area (Å²) < 4.78 is 1.31. The predicted octanol–water partition coefficient (Wildman–Crippen LogP) is 0.0366. The van der Waals surface area contributed by atoms with Gasteiger partial charge in [0.2, 0.25) is 5.88 Å². The third-order valence-corrected chi connectivity index (χ3v) is 1.75. The molecule has 0 radical (unpaired) electrons. The molecule has 0 atom stereocenters. The van der Waals surface area contributed by atoms with Crippen LogP contribution in [-0.4, -0.2) is 19.5 Å². The Kier molecular flexibility index (Phi) is 1.21. The molecule has 2 aromatic rings. The molecule has 0 unspecified atom stereocenters. The van der Waals surface area contributed by atoms with Gasteiger partial charge in [-0.1, -0.05) is 0 Å². The Morgan fingerprint density at radius 3 is 3.08 bits per heavy atom. The van der Waals surface area contributed by atoms with E-state index in [4.69, 9.17) is 0 Å². The first-order valence-electron chi connectivity index (χ1n) is 3.46. The summed E-state index contributed by atoms with van der Waals surface area (Å²) in [5, 5.41) is 9.18. The molecule has 0 spiro atoms. The largest absolute Gasteiger partial charge is 0.492 e. The van der Waals surface area contributed by atoms with E-state index in [0.717, 1.165) is 0 Å². The van der Waals surface area contributed by atoms with Crippen LogP contribution in [0.5, 0.6) is 5.88 Å². The fourth-order valence-corrected chi connectivity index (χ4v) is 1.13. The minimum absolute atomic E-state index is 0.105. The molecule has 0 fully saturated rings. The lowest BCUT2D eigenvalue weighted by Gasteiger charge is -1.91. The highest BCUT2D eigenvalue weighted by Crippen LogP contribution is 2.13. The van der Waals surface area contributed by atoms with Gasteiger partial charge in [-0.15, -0.1) is 0 Å². The van der Waals surface area contributed by atoms with Crippen LogP contribution >= 0.6 is 0 Å². The zero-order valence-corrected chi connectivity index (χ0v) is 6.40. The number of aryl methyl sites for hydroxylation is 1. The summed E-state index contributed by atoms with van der Waals surface area (Å²) in [5.41, 5.74) is 0.610. The van der Waals surface area contributed by atoms with Gasteiger partial charge in [0, 0.05) is 6.20 Å². The van der Waals surface area contributed by atoms with E-state index >= 15 is 0 Å². The molecule has 2 rings (SSSR count). The van der Waals surface area contributed by atoms with Gasteiger partial charge < -0.3 is 10.1 Å². The average Bonchev–Trinajstić information content (AvgIpc) is 2.29. The van der Waals surface area contributed by atoms with Gasteiger partial charge in [0.25, 0.3) is 0 Å². The summed E-state index contributed by atoms with van der Waals surface area (Å²) in [6, 6.07) is 1.62. The third-order valence-electron chi connectivity index (χ3n) is 1.75. The van der Waals surface area contributed by atoms with Crippen LogP contribution in [0.2, 0.25) is 0 Å². The van der Waals surface area contributed by atoms with Crippen molar-refractivity contribution >= 4 is 5.65 Å². The number of aromatic hydroxyl groups is 1. The van der Waals surface area contributed by atoms with Gasteiger partial charge in [0.15, 0.2) is 0 Å². The van der Waals surface area contributed by atoms with Crippen molar-refractivity contribution in [2.45, 2.75) is 6.92 Å². The summed E-state index contributed by atoms with van der Waals surface area (Å²) in [6.07, 6.45) is 1.49. The second-order valence-corrected chi connectivity index (χ2v) is 2.50. The van der Waals surface area contributed by atoms with Crippen molar-refractivity contribution < 1.29 is 5.11 Å². The van der Waals surface area contributed by atoms with E-state index in [-0.39, 0.29) is 11.6 Å². The topological polar surface area (TPSA) is 70.4 Å². The molecule has 2 aromatic heterocycles. The Labute approximate surface area is 67.3 Å². The number of aromatic nitrogens is 3. The Morgan fingerprint density at radius 1 is 1.67 bits per heavy atom. The van der Waals surface area contributed by atoms with Crippen LogP contribution < -0.4 is 5.69 Å². The highest BCUT2D eigenvalue weighted by atomic mass is 16.3. The lowest BCUT2D eigenvalue weighted by molar-refractivity contribution is 0.452. The summed E-state index contributed by atoms with van der Waals surface area (Å²) in [7, 11) is 0. The second kappa shape index (κ2) is 2.10. The second-order valence-electron chi connectivity index (χ2n) is 2.50. The minimum Gasteiger partial charge on any atom is -0.492 e. The molecule has 0 bridgehead atoms. The molecule has 2 N–H and O–H groups in total. The maximum Gasteiger partial charge on any atom is 0.331 e. The number of fused-ring (bicyclic) bond motifs is 1. The van der Waals surface area contributed by atoms with Crippen LogP contribution in [0.15, 0.2) is 17.1 Å². The Hall–Kier alpha value is -1.78. The number of H-pyrrole nitrogens is 1. The van der Waals surface area contributed by atoms with Crippen molar-refractivity contribution in [1.82, 2.24) is 14.4 Å². The van der Waals surface area contributed by atoms with Crippen LogP contribution in [0.25, 0.3) is 5.65 Å². The summed E-state index contributed by atoms with van der Waals surface area (Å²) >= 11 is 0. The monoisotopic (exact) mass is 165 g/mol. The lowest BCUT2D eigenvalue weighted by Crippen LogP contribution is -2.15. The van der Waals surface area contributed by atoms with Crippen molar-refractivity contribution in [2.24, 2.45) is 0 Å². The highest BCUT2D eigenvalue weighted by Gasteiger charge is 2.07. The maximum atomic E-state index is 11.2. The quantitative estimate of drug-likeness (QED) is 0.578. The van der Waals surface area contributed by atoms with Crippen molar-refractivity contribution in [2.75, 3.05) is 0 Å². The van der Waals surface area contributed by atoms with Gasteiger partial charge in [-0.3, -0.25) is 0 Å². The smallest absolute Gasteiger partial charge is 0.331 e. The van der Waals surface area contributed by atoms with Gasteiger partial charge in [-0.05, 0) is 13.0 Å². The van der Waals surface area contributed by atoms with Crippen molar-refractivity contribution in [3.8, 4) is 5.88 Å². The number of hydrogen-bond donors (Lipinski definition) is 2. The van der Waals surface area contributed by atoms with Crippen LogP contribution in [0.3, 0.4) is 0 Å². The van der Waals surface area contributed by atoms with Crippen LogP contribution in [0, 0.1) is 6.92 Å². The first-order chi connectivity index (χ1) is 5.70. The molecule has 0 aliphatic rings. The molecule has 5 heteroatoms. The number of hydrogen-bond acceptors (Lipinski definition) is 3. The van der Waals surface area contributed by atoms with Crippen molar-refractivity contribution in [3.63, 3.8) is 0 Å². The molecule has 0 aliphatic carbocycles. The number of rotatable bonds is 0. The predicted molar refractivity (Wildman–Crippen MR) is 42.2 cm³/mol. The summed E-state index contributed by atoms with van der Waals surface area (Å²) in [4.78, 5) is 17.4. The summed E-state index contributed by atoms with van der Waals surface area (Å²) in [5.74, 6) is -0.105. The molecule has 0 aliphatic heterocycles. The normalized spacial score (nSPS) is 10.8. The van der Waals surface area contributed by atoms with E-state index in [0.29, 0.717) is 11.3 Å². The Bertz CT molecular complexity index is 483. The van der Waals surface area contributed by atoms with Crippen LogP contribution in [-0.2, 0) is 0 Å². The number of aromatic amines is 1. The molecular formula is C7H7N3O2. The van der Waals surface area contributed by atoms with E-state index in [1.807, 2.05) is 0 Å². The van der Waals surface area contributed by atoms with E-state index < -0.39 is 0 Å². The molecule has 0 aromatic carbocycles. The average molecular weight is 165 g/mol. The first kappa shape index (κ1) is 6.90. The lowest BCUT2D eigenvalue weighted by atomic mass is 10.5. The van der Waals surface area contributed by atoms with E-state index in [9.17, 15) is 9.90 Å². The highest BCUT2D eigenvalue weighted by molar-refractivity contribution is 5.43. The molecule has 0 saturated carbocycles. The molecular weight excluding hydrogens is 158 g/mol. The molecule has 0 amide bonds. The van der Waals surface area contributed by atoms with Gasteiger partial charge in [0.05, 0.1) is 5.69 Å². The van der Waals surface area contributed by atoms with E-state index in [1.54, 1.807) is 13.0 Å². The fraction of sp³-hybridized carbons (Fsp3) is 0.143. The zero-order valence-electron chi connectivity index (χ0n) is 6.40.